The highest BCUT2D eigenvalue weighted by atomic mass is 79.9. The summed E-state index contributed by atoms with van der Waals surface area (Å²) < 4.78 is 6.59. The van der Waals surface area contributed by atoms with Gasteiger partial charge in [0.2, 0.25) is 0 Å². The maximum Gasteiger partial charge on any atom is 0.276 e. The van der Waals surface area contributed by atoms with Crippen LogP contribution in [0.15, 0.2) is 51.0 Å². The Morgan fingerprint density at radius 2 is 2.06 bits per heavy atom. The monoisotopic (exact) mass is 500 g/mol. The van der Waals surface area contributed by atoms with Crippen LogP contribution in [0.3, 0.4) is 0 Å². The molecule has 0 unspecified atom stereocenters. The van der Waals surface area contributed by atoms with E-state index in [0.29, 0.717) is 17.5 Å². The van der Waals surface area contributed by atoms with Crippen molar-refractivity contribution in [1.29, 1.82) is 0 Å². The fourth-order valence-electron chi connectivity index (χ4n) is 3.60. The topological polar surface area (TPSA) is 66.3 Å². The van der Waals surface area contributed by atoms with Gasteiger partial charge in [0.15, 0.2) is 11.3 Å². The van der Waals surface area contributed by atoms with E-state index < -0.39 is 6.17 Å². The van der Waals surface area contributed by atoms with Gasteiger partial charge in [-0.25, -0.2) is 5.01 Å². The van der Waals surface area contributed by atoms with Crippen molar-refractivity contribution >= 4 is 44.5 Å². The van der Waals surface area contributed by atoms with Crippen molar-refractivity contribution in [3.05, 3.63) is 62.6 Å². The van der Waals surface area contributed by atoms with Crippen molar-refractivity contribution in [2.45, 2.75) is 39.8 Å². The Morgan fingerprint density at radius 3 is 2.81 bits per heavy atom. The molecule has 0 aromatic heterocycles. The van der Waals surface area contributed by atoms with Crippen LogP contribution in [0, 0.1) is 6.92 Å². The molecule has 2 aromatic carbocycles. The number of halogens is 1. The van der Waals surface area contributed by atoms with Crippen molar-refractivity contribution < 1.29 is 9.53 Å². The maximum atomic E-state index is 13.2. The van der Waals surface area contributed by atoms with Gasteiger partial charge in [0, 0.05) is 15.4 Å². The lowest BCUT2D eigenvalue weighted by molar-refractivity contribution is -0.116. The lowest BCUT2D eigenvalue weighted by Gasteiger charge is -2.34. The highest BCUT2D eigenvalue weighted by Gasteiger charge is 2.34. The molecule has 0 fully saturated rings. The Labute approximate surface area is 194 Å². The summed E-state index contributed by atoms with van der Waals surface area (Å²) in [7, 11) is 0. The number of benzene rings is 2. The van der Waals surface area contributed by atoms with E-state index in [9.17, 15) is 4.79 Å². The van der Waals surface area contributed by atoms with Crippen molar-refractivity contribution in [3.63, 3.8) is 0 Å². The van der Waals surface area contributed by atoms with Gasteiger partial charge in [-0.3, -0.25) is 15.1 Å². The second-order valence-corrected chi connectivity index (χ2v) is 9.38. The molecule has 0 saturated heterocycles. The van der Waals surface area contributed by atoms with E-state index in [0.717, 1.165) is 50.5 Å². The van der Waals surface area contributed by atoms with Gasteiger partial charge >= 0.3 is 0 Å². The smallest absolute Gasteiger partial charge is 0.276 e. The van der Waals surface area contributed by atoms with E-state index in [1.54, 1.807) is 16.8 Å². The van der Waals surface area contributed by atoms with E-state index >= 15 is 0 Å². The summed E-state index contributed by atoms with van der Waals surface area (Å²) in [6.07, 6.45) is 1.74. The molecule has 1 N–H and O–H groups in total. The van der Waals surface area contributed by atoms with Gasteiger partial charge in [-0.2, -0.15) is 0 Å². The number of carbonyl (C=O) groups excluding carboxylic acids is 1. The van der Waals surface area contributed by atoms with Gasteiger partial charge in [-0.1, -0.05) is 47.1 Å². The van der Waals surface area contributed by atoms with E-state index in [-0.39, 0.29) is 5.91 Å². The van der Waals surface area contributed by atoms with Gasteiger partial charge in [0.05, 0.1) is 12.0 Å². The summed E-state index contributed by atoms with van der Waals surface area (Å²) in [6, 6.07) is 11.8. The zero-order valence-electron chi connectivity index (χ0n) is 17.8. The van der Waals surface area contributed by atoms with Gasteiger partial charge in [-0.15, -0.1) is 5.10 Å². The number of amidine groups is 1. The Kier molecular flexibility index (Phi) is 6.67. The average Bonchev–Trinajstić information content (AvgIpc) is 2.75. The number of hydrazone groups is 1. The number of nitrogens with one attached hydrogen (secondary N) is 1. The second-order valence-electron chi connectivity index (χ2n) is 7.38. The number of fused-ring (bicyclic) bond motifs is 2. The summed E-state index contributed by atoms with van der Waals surface area (Å²) in [6.45, 7) is 6.75. The molecule has 31 heavy (non-hydrogen) atoms. The third kappa shape index (κ3) is 4.50. The van der Waals surface area contributed by atoms with Crippen LogP contribution in [0.4, 0.5) is 0 Å². The lowest BCUT2D eigenvalue weighted by Crippen LogP contribution is -2.50. The summed E-state index contributed by atoms with van der Waals surface area (Å²) in [5.41, 5.74) is 2.51. The first-order valence-electron chi connectivity index (χ1n) is 10.4. The van der Waals surface area contributed by atoms with Gasteiger partial charge < -0.3 is 4.74 Å². The van der Waals surface area contributed by atoms with E-state index in [4.69, 9.17) is 14.8 Å². The number of hydrogen-bond donors (Lipinski definition) is 1. The minimum absolute atomic E-state index is 0.157. The number of hydrogen-bond acceptors (Lipinski definition) is 6. The lowest BCUT2D eigenvalue weighted by atomic mass is 10.1. The number of unbranched alkanes of at least 4 members (excludes halogenated alkanes) is 1. The number of rotatable bonds is 6. The van der Waals surface area contributed by atoms with Crippen molar-refractivity contribution in [3.8, 4) is 5.75 Å². The molecule has 0 saturated carbocycles. The largest absolute Gasteiger partial charge is 0.494 e. The molecule has 0 radical (unpaired) electrons. The van der Waals surface area contributed by atoms with E-state index in [1.807, 2.05) is 44.2 Å². The zero-order chi connectivity index (χ0) is 22.0. The van der Waals surface area contributed by atoms with E-state index in [1.165, 1.54) is 0 Å². The molecule has 2 heterocycles. The number of nitrogens with zero attached hydrogens (tertiary/aromatic N) is 3. The van der Waals surface area contributed by atoms with Crippen molar-refractivity contribution in [2.24, 2.45) is 10.1 Å². The first-order chi connectivity index (χ1) is 15.0. The van der Waals surface area contributed by atoms with Crippen LogP contribution >= 0.6 is 27.7 Å². The number of aryl methyl sites for hydroxylation is 1. The third-order valence-corrected chi connectivity index (χ3v) is 6.55. The molecule has 2 aliphatic heterocycles. The van der Waals surface area contributed by atoms with Crippen molar-refractivity contribution in [1.82, 2.24) is 10.3 Å². The normalized spacial score (nSPS) is 17.4. The molecule has 1 amide bonds. The Hall–Kier alpha value is -2.32. The van der Waals surface area contributed by atoms with Crippen LogP contribution in [0.2, 0.25) is 0 Å². The van der Waals surface area contributed by atoms with Gasteiger partial charge in [0.25, 0.3) is 5.91 Å². The summed E-state index contributed by atoms with van der Waals surface area (Å²) in [4.78, 5) is 18.1. The molecular weight excluding hydrogens is 476 g/mol. The van der Waals surface area contributed by atoms with Crippen LogP contribution in [-0.2, 0) is 4.79 Å². The third-order valence-electron chi connectivity index (χ3n) is 5.10. The first-order valence-corrected chi connectivity index (χ1v) is 12.2. The minimum Gasteiger partial charge on any atom is -0.494 e. The SMILES string of the molecule is CCCCSC1=NN2C(=c3cc(Br)ccc3=N[C@H]2c2ccc(OCC)c(C)c2)C(=O)N1. The molecule has 2 aromatic rings. The summed E-state index contributed by atoms with van der Waals surface area (Å²) >= 11 is 5.08. The number of carbonyl (C=O) groups is 1. The standard InChI is InChI=1S/C23H25BrN4O2S/c1-4-6-11-31-23-26-22(29)20-17-13-16(24)8-9-18(17)25-21(28(20)27-23)15-7-10-19(30-5-2)14(3)12-15/h7-10,12-13,21H,4-6,11H2,1-3H3,(H,26,27,29)/t21-/m1/s1. The molecular formula is C23H25BrN4O2S. The van der Waals surface area contributed by atoms with Crippen molar-refractivity contribution in [2.75, 3.05) is 12.4 Å². The first kappa shape index (κ1) is 21.9. The molecule has 0 bridgehead atoms. The number of ether oxygens (including phenoxy) is 1. The molecule has 0 aliphatic carbocycles. The van der Waals surface area contributed by atoms with Crippen LogP contribution in [0.5, 0.6) is 5.75 Å². The summed E-state index contributed by atoms with van der Waals surface area (Å²) in [5, 5.41) is 11.7. The maximum absolute atomic E-state index is 13.2. The quantitative estimate of drug-likeness (QED) is 0.612. The number of thioether (sulfide) groups is 1. The number of amides is 1. The van der Waals surface area contributed by atoms with Crippen LogP contribution < -0.4 is 20.6 Å². The zero-order valence-corrected chi connectivity index (χ0v) is 20.2. The highest BCUT2D eigenvalue weighted by Crippen LogP contribution is 2.33. The summed E-state index contributed by atoms with van der Waals surface area (Å²) in [5.74, 6) is 1.60. The van der Waals surface area contributed by atoms with Crippen LogP contribution in [-0.4, -0.2) is 28.4 Å². The van der Waals surface area contributed by atoms with E-state index in [2.05, 4.69) is 34.2 Å². The highest BCUT2D eigenvalue weighted by molar-refractivity contribution is 9.10. The van der Waals surface area contributed by atoms with Gasteiger partial charge in [0.1, 0.15) is 11.4 Å². The predicted octanol–water partition coefficient (Wildman–Crippen LogP) is 3.83. The Bertz CT molecular complexity index is 1160. The molecule has 4 rings (SSSR count). The molecule has 162 valence electrons. The van der Waals surface area contributed by atoms with Crippen LogP contribution in [0.25, 0.3) is 5.70 Å². The average molecular weight is 501 g/mol. The molecule has 1 atom stereocenters. The fraction of sp³-hybridized carbons (Fsp3) is 0.348. The van der Waals surface area contributed by atoms with Crippen LogP contribution in [0.1, 0.15) is 44.0 Å². The second kappa shape index (κ2) is 9.44. The van der Waals surface area contributed by atoms with Gasteiger partial charge in [-0.05, 0) is 61.7 Å². The Balaban J connectivity index is 1.83. The fourth-order valence-corrected chi connectivity index (χ4v) is 4.90. The molecule has 6 nitrogen and oxygen atoms in total. The molecule has 2 aliphatic rings. The predicted molar refractivity (Wildman–Crippen MR) is 128 cm³/mol. The minimum atomic E-state index is -0.425. The Morgan fingerprint density at radius 1 is 1.23 bits per heavy atom. The molecule has 8 heteroatoms. The molecule has 0 spiro atoms.